The molecule has 5 nitrogen and oxygen atoms in total. The van der Waals surface area contributed by atoms with E-state index in [1.54, 1.807) is 32.4 Å². The predicted octanol–water partition coefficient (Wildman–Crippen LogP) is 7.62. The summed E-state index contributed by atoms with van der Waals surface area (Å²) in [5.41, 5.74) is 5.91. The second-order valence-corrected chi connectivity index (χ2v) is 11.3. The molecule has 0 spiro atoms. The van der Waals surface area contributed by atoms with E-state index in [-0.39, 0.29) is 6.54 Å². The van der Waals surface area contributed by atoms with E-state index in [0.717, 1.165) is 44.1 Å². The zero-order valence-electron chi connectivity index (χ0n) is 23.0. The highest BCUT2D eigenvalue weighted by atomic mass is 32.2. The molecule has 0 bridgehead atoms. The molecular formula is C29H45NO4S. The lowest BCUT2D eigenvalue weighted by Crippen LogP contribution is -2.30. The van der Waals surface area contributed by atoms with Crippen LogP contribution in [0.5, 0.6) is 11.5 Å². The molecule has 0 aliphatic carbocycles. The topological polar surface area (TPSA) is 55.8 Å². The van der Waals surface area contributed by atoms with Crippen LogP contribution in [-0.4, -0.2) is 35.4 Å². The SMILES string of the molecule is COc1cc(OC)cc(N(CC=C(C)CCC=C(C)CCC=C(C)CCC=C(C)C)S(C)(=O)=O)c1. The highest BCUT2D eigenvalue weighted by Gasteiger charge is 2.18. The van der Waals surface area contributed by atoms with E-state index in [1.807, 2.05) is 13.0 Å². The van der Waals surface area contributed by atoms with Gasteiger partial charge in [0.1, 0.15) is 11.5 Å². The number of benzene rings is 1. The van der Waals surface area contributed by atoms with Gasteiger partial charge in [0.15, 0.2) is 0 Å². The van der Waals surface area contributed by atoms with Crippen molar-refractivity contribution < 1.29 is 17.9 Å². The van der Waals surface area contributed by atoms with Crippen molar-refractivity contribution in [1.29, 1.82) is 0 Å². The fourth-order valence-electron chi connectivity index (χ4n) is 3.59. The molecule has 0 N–H and O–H groups in total. The van der Waals surface area contributed by atoms with E-state index in [1.165, 1.54) is 27.3 Å². The number of hydrogen-bond donors (Lipinski definition) is 0. The van der Waals surface area contributed by atoms with Crippen LogP contribution < -0.4 is 13.8 Å². The fraction of sp³-hybridized carbons (Fsp3) is 0.517. The lowest BCUT2D eigenvalue weighted by atomic mass is 10.0. The second kappa shape index (κ2) is 15.5. The number of sulfonamides is 1. The van der Waals surface area contributed by atoms with Crippen LogP contribution in [-0.2, 0) is 10.0 Å². The van der Waals surface area contributed by atoms with Crippen molar-refractivity contribution in [2.75, 3.05) is 31.3 Å². The molecule has 0 fully saturated rings. The lowest BCUT2D eigenvalue weighted by Gasteiger charge is -2.22. The van der Waals surface area contributed by atoms with Crippen LogP contribution >= 0.6 is 0 Å². The van der Waals surface area contributed by atoms with Gasteiger partial charge >= 0.3 is 0 Å². The summed E-state index contributed by atoms with van der Waals surface area (Å²) in [5, 5.41) is 0. The predicted molar refractivity (Wildman–Crippen MR) is 150 cm³/mol. The average Bonchev–Trinajstić information content (AvgIpc) is 2.77. The van der Waals surface area contributed by atoms with E-state index < -0.39 is 10.0 Å². The zero-order chi connectivity index (χ0) is 26.4. The number of methoxy groups -OCH3 is 2. The second-order valence-electron chi connectivity index (χ2n) is 9.41. The molecule has 0 radical (unpaired) electrons. The molecule has 0 saturated heterocycles. The molecular weight excluding hydrogens is 458 g/mol. The molecule has 35 heavy (non-hydrogen) atoms. The quantitative estimate of drug-likeness (QED) is 0.231. The first-order valence-corrected chi connectivity index (χ1v) is 14.1. The Morgan fingerprint density at radius 1 is 0.743 bits per heavy atom. The molecule has 0 unspecified atom stereocenters. The smallest absolute Gasteiger partial charge is 0.232 e. The van der Waals surface area contributed by atoms with Gasteiger partial charge in [-0.05, 0) is 73.1 Å². The number of ether oxygens (including phenoxy) is 2. The third-order valence-electron chi connectivity index (χ3n) is 5.78. The maximum atomic E-state index is 12.5. The summed E-state index contributed by atoms with van der Waals surface area (Å²) < 4.78 is 36.9. The first-order valence-electron chi connectivity index (χ1n) is 12.3. The molecule has 0 amide bonds. The molecule has 0 aromatic heterocycles. The number of anilines is 1. The molecule has 1 aromatic carbocycles. The van der Waals surface area contributed by atoms with Crippen molar-refractivity contribution in [3.8, 4) is 11.5 Å². The summed E-state index contributed by atoms with van der Waals surface area (Å²) in [5.74, 6) is 1.10. The molecule has 0 aliphatic heterocycles. The summed E-state index contributed by atoms with van der Waals surface area (Å²) in [4.78, 5) is 0. The van der Waals surface area contributed by atoms with Crippen LogP contribution in [0.2, 0.25) is 0 Å². The van der Waals surface area contributed by atoms with E-state index in [9.17, 15) is 8.42 Å². The number of rotatable bonds is 15. The van der Waals surface area contributed by atoms with Crippen molar-refractivity contribution in [3.05, 3.63) is 64.8 Å². The first-order chi connectivity index (χ1) is 16.5. The van der Waals surface area contributed by atoms with E-state index in [2.05, 4.69) is 45.9 Å². The maximum Gasteiger partial charge on any atom is 0.232 e. The minimum absolute atomic E-state index is 0.264. The average molecular weight is 504 g/mol. The van der Waals surface area contributed by atoms with E-state index >= 15 is 0 Å². The molecule has 1 rings (SSSR count). The maximum absolute atomic E-state index is 12.5. The summed E-state index contributed by atoms with van der Waals surface area (Å²) >= 11 is 0. The van der Waals surface area contributed by atoms with Crippen LogP contribution in [0.3, 0.4) is 0 Å². The largest absolute Gasteiger partial charge is 0.497 e. The van der Waals surface area contributed by atoms with Gasteiger partial charge in [-0.3, -0.25) is 4.31 Å². The van der Waals surface area contributed by atoms with Gasteiger partial charge in [-0.2, -0.15) is 0 Å². The molecule has 6 heteroatoms. The Morgan fingerprint density at radius 3 is 1.57 bits per heavy atom. The summed E-state index contributed by atoms with van der Waals surface area (Å²) in [6, 6.07) is 5.13. The van der Waals surface area contributed by atoms with Gasteiger partial charge in [0.05, 0.1) is 32.7 Å². The van der Waals surface area contributed by atoms with Gasteiger partial charge in [-0.1, -0.05) is 46.6 Å². The molecule has 0 aliphatic rings. The molecule has 196 valence electrons. The normalized spacial score (nSPS) is 13.0. The molecule has 1 aromatic rings. The van der Waals surface area contributed by atoms with Crippen molar-refractivity contribution in [3.63, 3.8) is 0 Å². The Kier molecular flexibility index (Phi) is 13.5. The van der Waals surface area contributed by atoms with Gasteiger partial charge in [-0.25, -0.2) is 8.42 Å². The standard InChI is InChI=1S/C29H45NO4S/c1-23(2)12-9-13-24(3)14-10-15-25(4)16-11-17-26(5)18-19-30(35(8,31)32)27-20-28(33-6)22-29(21-27)34-7/h12,14,16,18,20-22H,9-11,13,15,17,19H2,1-8H3. The van der Waals surface area contributed by atoms with Gasteiger partial charge in [-0.15, -0.1) is 0 Å². The van der Waals surface area contributed by atoms with Crippen LogP contribution in [0.4, 0.5) is 5.69 Å². The van der Waals surface area contributed by atoms with Crippen LogP contribution in [0.25, 0.3) is 0 Å². The monoisotopic (exact) mass is 503 g/mol. The Bertz CT molecular complexity index is 1010. The third-order valence-corrected chi connectivity index (χ3v) is 6.94. The van der Waals surface area contributed by atoms with Gasteiger partial charge in [0, 0.05) is 18.2 Å². The van der Waals surface area contributed by atoms with Crippen LogP contribution in [0, 0.1) is 0 Å². The number of allylic oxidation sites excluding steroid dienone is 7. The third kappa shape index (κ3) is 12.7. The number of nitrogens with zero attached hydrogens (tertiary/aromatic N) is 1. The van der Waals surface area contributed by atoms with Crippen molar-refractivity contribution in [2.24, 2.45) is 0 Å². The minimum Gasteiger partial charge on any atom is -0.497 e. The van der Waals surface area contributed by atoms with Crippen molar-refractivity contribution >= 4 is 15.7 Å². The van der Waals surface area contributed by atoms with Gasteiger partial charge in [0.2, 0.25) is 10.0 Å². The minimum atomic E-state index is -3.47. The van der Waals surface area contributed by atoms with Crippen molar-refractivity contribution in [2.45, 2.75) is 73.1 Å². The van der Waals surface area contributed by atoms with Gasteiger partial charge < -0.3 is 9.47 Å². The Labute approximate surface area is 214 Å². The van der Waals surface area contributed by atoms with E-state index in [4.69, 9.17) is 9.47 Å². The summed E-state index contributed by atoms with van der Waals surface area (Å²) in [7, 11) is -0.372. The molecule has 0 heterocycles. The summed E-state index contributed by atoms with van der Waals surface area (Å²) in [6.07, 6.45) is 16.4. The van der Waals surface area contributed by atoms with Crippen LogP contribution in [0.15, 0.2) is 64.8 Å². The van der Waals surface area contributed by atoms with Gasteiger partial charge in [0.25, 0.3) is 0 Å². The van der Waals surface area contributed by atoms with E-state index in [0.29, 0.717) is 17.2 Å². The first kappa shape index (κ1) is 30.6. The number of hydrogen-bond acceptors (Lipinski definition) is 4. The lowest BCUT2D eigenvalue weighted by molar-refractivity contribution is 0.394. The Hall–Kier alpha value is -2.47. The summed E-state index contributed by atoms with van der Waals surface area (Å²) in [6.45, 7) is 11.0. The highest BCUT2D eigenvalue weighted by molar-refractivity contribution is 7.92. The van der Waals surface area contributed by atoms with Crippen molar-refractivity contribution in [1.82, 2.24) is 0 Å². The Balaban J connectivity index is 2.67. The Morgan fingerprint density at radius 2 is 1.17 bits per heavy atom. The molecule has 0 saturated carbocycles. The highest BCUT2D eigenvalue weighted by Crippen LogP contribution is 2.30. The fourth-order valence-corrected chi connectivity index (χ4v) is 4.43. The molecule has 0 atom stereocenters. The zero-order valence-corrected chi connectivity index (χ0v) is 23.8. The van der Waals surface area contributed by atoms with Crippen LogP contribution in [0.1, 0.15) is 73.1 Å².